The Bertz CT molecular complexity index is 888. The van der Waals surface area contributed by atoms with E-state index in [0.29, 0.717) is 11.3 Å². The number of hydrogen-bond acceptors (Lipinski definition) is 4. The van der Waals surface area contributed by atoms with Crippen molar-refractivity contribution >= 4 is 10.8 Å². The van der Waals surface area contributed by atoms with E-state index < -0.39 is 23.5 Å². The second-order valence-electron chi connectivity index (χ2n) is 5.40. The van der Waals surface area contributed by atoms with Crippen LogP contribution in [0.3, 0.4) is 0 Å². The third-order valence-electron chi connectivity index (χ3n) is 3.33. The molecule has 1 atom stereocenters. The standard InChI is InChI=1S/C15H14F3N5OS/c1-25(24)9-13-5-14(21-23(13)10-15(16,17)18)11-6-20-22(8-11)12-3-2-4-19-7-12/h2-8H,9-10H2,1H3. The molecule has 0 aliphatic rings. The fourth-order valence-corrected chi connectivity index (χ4v) is 2.96. The van der Waals surface area contributed by atoms with Crippen molar-refractivity contribution < 1.29 is 17.4 Å². The summed E-state index contributed by atoms with van der Waals surface area (Å²) in [6.45, 7) is -1.23. The van der Waals surface area contributed by atoms with Crippen LogP contribution in [0.2, 0.25) is 0 Å². The number of aromatic nitrogens is 5. The molecule has 132 valence electrons. The molecule has 3 aromatic heterocycles. The molecule has 1 unspecified atom stereocenters. The molecule has 0 radical (unpaired) electrons. The maximum atomic E-state index is 12.7. The highest BCUT2D eigenvalue weighted by Crippen LogP contribution is 2.24. The molecule has 0 aromatic carbocycles. The minimum Gasteiger partial charge on any atom is -0.262 e. The first-order chi connectivity index (χ1) is 11.8. The first-order valence-corrected chi connectivity index (χ1v) is 8.93. The highest BCUT2D eigenvalue weighted by Gasteiger charge is 2.30. The van der Waals surface area contributed by atoms with E-state index in [1.165, 1.54) is 18.5 Å². The molecule has 0 N–H and O–H groups in total. The van der Waals surface area contributed by atoms with Crippen molar-refractivity contribution in [3.63, 3.8) is 0 Å². The lowest BCUT2D eigenvalue weighted by molar-refractivity contribution is -0.142. The van der Waals surface area contributed by atoms with E-state index in [0.717, 1.165) is 10.4 Å². The van der Waals surface area contributed by atoms with E-state index in [2.05, 4.69) is 15.2 Å². The van der Waals surface area contributed by atoms with Crippen LogP contribution in [0.4, 0.5) is 13.2 Å². The molecule has 0 aliphatic heterocycles. The number of pyridine rings is 1. The summed E-state index contributed by atoms with van der Waals surface area (Å²) in [4.78, 5) is 3.99. The predicted molar refractivity (Wildman–Crippen MR) is 86.4 cm³/mol. The maximum Gasteiger partial charge on any atom is 0.408 e. The Balaban J connectivity index is 1.94. The SMILES string of the molecule is CS(=O)Cc1cc(-c2cnn(-c3cccnc3)c2)nn1CC(F)(F)F. The van der Waals surface area contributed by atoms with Crippen molar-refractivity contribution in [3.8, 4) is 16.9 Å². The zero-order chi connectivity index (χ0) is 18.0. The zero-order valence-corrected chi connectivity index (χ0v) is 14.0. The monoisotopic (exact) mass is 369 g/mol. The molecule has 0 aliphatic carbocycles. The Labute approximate surface area is 143 Å². The molecule has 0 saturated carbocycles. The van der Waals surface area contributed by atoms with Crippen molar-refractivity contribution in [3.05, 3.63) is 48.7 Å². The number of nitrogens with zero attached hydrogens (tertiary/aromatic N) is 5. The quantitative estimate of drug-likeness (QED) is 0.693. The van der Waals surface area contributed by atoms with E-state index in [1.54, 1.807) is 35.4 Å². The molecule has 3 heterocycles. The van der Waals surface area contributed by atoms with Gasteiger partial charge in [0.1, 0.15) is 6.54 Å². The summed E-state index contributed by atoms with van der Waals surface area (Å²) >= 11 is 0. The van der Waals surface area contributed by atoms with Crippen LogP contribution >= 0.6 is 0 Å². The molecule has 0 saturated heterocycles. The lowest BCUT2D eigenvalue weighted by Crippen LogP contribution is -2.20. The van der Waals surface area contributed by atoms with Gasteiger partial charge >= 0.3 is 6.18 Å². The Morgan fingerprint density at radius 2 is 2.08 bits per heavy atom. The molecule has 3 rings (SSSR count). The van der Waals surface area contributed by atoms with Gasteiger partial charge < -0.3 is 0 Å². The van der Waals surface area contributed by atoms with Gasteiger partial charge in [-0.05, 0) is 18.2 Å². The van der Waals surface area contributed by atoms with E-state index >= 15 is 0 Å². The predicted octanol–water partition coefficient (Wildman–Crippen LogP) is 2.57. The molecule has 6 nitrogen and oxygen atoms in total. The fraction of sp³-hybridized carbons (Fsp3) is 0.267. The molecule has 0 amide bonds. The van der Waals surface area contributed by atoms with Gasteiger partial charge in [-0.25, -0.2) is 4.68 Å². The van der Waals surface area contributed by atoms with Gasteiger partial charge in [-0.15, -0.1) is 0 Å². The summed E-state index contributed by atoms with van der Waals surface area (Å²) in [7, 11) is -1.28. The molecule has 25 heavy (non-hydrogen) atoms. The van der Waals surface area contributed by atoms with Gasteiger partial charge in [0.05, 0.1) is 35.2 Å². The second kappa shape index (κ2) is 6.79. The molecule has 3 aromatic rings. The fourth-order valence-electron chi connectivity index (χ4n) is 2.31. The van der Waals surface area contributed by atoms with Crippen LogP contribution in [0.25, 0.3) is 16.9 Å². The maximum absolute atomic E-state index is 12.7. The summed E-state index contributed by atoms with van der Waals surface area (Å²) in [6.07, 6.45) is 3.44. The van der Waals surface area contributed by atoms with E-state index in [1.807, 2.05) is 0 Å². The highest BCUT2D eigenvalue weighted by atomic mass is 32.2. The Morgan fingerprint density at radius 3 is 2.72 bits per heavy atom. The summed E-state index contributed by atoms with van der Waals surface area (Å²) < 4.78 is 52.0. The van der Waals surface area contributed by atoms with Crippen LogP contribution in [0.15, 0.2) is 43.0 Å². The minimum atomic E-state index is -4.41. The summed E-state index contributed by atoms with van der Waals surface area (Å²) in [5, 5.41) is 8.20. The minimum absolute atomic E-state index is 0.000176. The Hall–Kier alpha value is -2.49. The first-order valence-electron chi connectivity index (χ1n) is 7.21. The van der Waals surface area contributed by atoms with Gasteiger partial charge in [0.15, 0.2) is 0 Å². The zero-order valence-electron chi connectivity index (χ0n) is 13.1. The number of hydrogen-bond donors (Lipinski definition) is 0. The molecule has 0 spiro atoms. The van der Waals surface area contributed by atoms with Crippen LogP contribution in [0.1, 0.15) is 5.69 Å². The van der Waals surface area contributed by atoms with Gasteiger partial charge in [0.25, 0.3) is 0 Å². The number of alkyl halides is 3. The van der Waals surface area contributed by atoms with Crippen molar-refractivity contribution in [1.82, 2.24) is 24.5 Å². The number of rotatable bonds is 5. The van der Waals surface area contributed by atoms with Crippen LogP contribution in [-0.2, 0) is 23.1 Å². The van der Waals surface area contributed by atoms with Gasteiger partial charge in [-0.2, -0.15) is 23.4 Å². The third kappa shape index (κ3) is 4.32. The van der Waals surface area contributed by atoms with Crippen LogP contribution in [0, 0.1) is 0 Å². The van der Waals surface area contributed by atoms with E-state index in [-0.39, 0.29) is 11.4 Å². The van der Waals surface area contributed by atoms with Crippen LogP contribution < -0.4 is 0 Å². The molecule has 0 bridgehead atoms. The third-order valence-corrected chi connectivity index (χ3v) is 4.03. The first kappa shape index (κ1) is 17.3. The Kier molecular flexibility index (Phi) is 4.71. The van der Waals surface area contributed by atoms with Crippen molar-refractivity contribution in [1.29, 1.82) is 0 Å². The van der Waals surface area contributed by atoms with Gasteiger partial charge in [0, 0.05) is 35.0 Å². The smallest absolute Gasteiger partial charge is 0.262 e. The van der Waals surface area contributed by atoms with Crippen LogP contribution in [0.5, 0.6) is 0 Å². The lowest BCUT2D eigenvalue weighted by atomic mass is 10.2. The van der Waals surface area contributed by atoms with Crippen molar-refractivity contribution in [2.75, 3.05) is 6.26 Å². The summed E-state index contributed by atoms with van der Waals surface area (Å²) in [5.41, 5.74) is 1.90. The van der Waals surface area contributed by atoms with Gasteiger partial charge in [-0.3, -0.25) is 13.9 Å². The Morgan fingerprint density at radius 1 is 1.28 bits per heavy atom. The normalized spacial score (nSPS) is 13.1. The molecular weight excluding hydrogens is 355 g/mol. The number of halogens is 3. The molecular formula is C15H14F3N5OS. The van der Waals surface area contributed by atoms with Gasteiger partial charge in [0.2, 0.25) is 0 Å². The molecule has 10 heteroatoms. The average molecular weight is 369 g/mol. The summed E-state index contributed by atoms with van der Waals surface area (Å²) in [6, 6.07) is 5.07. The highest BCUT2D eigenvalue weighted by molar-refractivity contribution is 7.83. The van der Waals surface area contributed by atoms with E-state index in [4.69, 9.17) is 0 Å². The largest absolute Gasteiger partial charge is 0.408 e. The molecule has 0 fully saturated rings. The summed E-state index contributed by atoms with van der Waals surface area (Å²) in [5.74, 6) is -0.000176. The average Bonchev–Trinajstić information content (AvgIpc) is 3.14. The van der Waals surface area contributed by atoms with Crippen molar-refractivity contribution in [2.45, 2.75) is 18.5 Å². The topological polar surface area (TPSA) is 65.6 Å². The second-order valence-corrected chi connectivity index (χ2v) is 6.83. The van der Waals surface area contributed by atoms with Gasteiger partial charge in [-0.1, -0.05) is 0 Å². The lowest BCUT2D eigenvalue weighted by Gasteiger charge is -2.09. The van der Waals surface area contributed by atoms with Crippen molar-refractivity contribution in [2.24, 2.45) is 0 Å². The van der Waals surface area contributed by atoms with Crippen LogP contribution in [-0.4, -0.2) is 41.2 Å². The van der Waals surface area contributed by atoms with E-state index in [9.17, 15) is 17.4 Å².